The molecule has 2 amide bonds. The minimum atomic E-state index is -4.50. The Kier molecular flexibility index (Phi) is 7.51. The Morgan fingerprint density at radius 1 is 1.11 bits per heavy atom. The molecule has 0 aliphatic heterocycles. The van der Waals surface area contributed by atoms with E-state index in [-0.39, 0.29) is 5.69 Å². The van der Waals surface area contributed by atoms with Gasteiger partial charge in [-0.25, -0.2) is 0 Å². The van der Waals surface area contributed by atoms with Crippen LogP contribution < -0.4 is 10.6 Å². The van der Waals surface area contributed by atoms with Crippen molar-refractivity contribution in [3.05, 3.63) is 65.2 Å². The molecule has 0 fully saturated rings. The van der Waals surface area contributed by atoms with Crippen molar-refractivity contribution >= 4 is 29.3 Å². The summed E-state index contributed by atoms with van der Waals surface area (Å²) in [6.45, 7) is 1.79. The number of anilines is 1. The molecule has 0 unspecified atom stereocenters. The Hall–Kier alpha value is -2.48. The van der Waals surface area contributed by atoms with Crippen LogP contribution in [0, 0.1) is 6.92 Å². The molecule has 150 valence electrons. The van der Waals surface area contributed by atoms with Gasteiger partial charge in [0.15, 0.2) is 0 Å². The van der Waals surface area contributed by atoms with Gasteiger partial charge < -0.3 is 10.6 Å². The molecular weight excluding hydrogens is 389 g/mol. The van der Waals surface area contributed by atoms with Crippen LogP contribution in [0.3, 0.4) is 0 Å². The summed E-state index contributed by atoms with van der Waals surface area (Å²) < 4.78 is 38.6. The minimum Gasteiger partial charge on any atom is -0.340 e. The van der Waals surface area contributed by atoms with E-state index in [2.05, 4.69) is 10.6 Å². The fourth-order valence-corrected chi connectivity index (χ4v) is 3.04. The first-order valence-corrected chi connectivity index (χ1v) is 9.95. The zero-order chi connectivity index (χ0) is 20.7. The molecule has 28 heavy (non-hydrogen) atoms. The Bertz CT molecular complexity index is 840. The molecule has 0 aliphatic carbocycles. The number of thioether (sulfide) groups is 1. The van der Waals surface area contributed by atoms with E-state index in [1.807, 2.05) is 6.26 Å². The van der Waals surface area contributed by atoms with Gasteiger partial charge in [-0.2, -0.15) is 24.9 Å². The van der Waals surface area contributed by atoms with Crippen molar-refractivity contribution in [2.24, 2.45) is 0 Å². The third-order valence-corrected chi connectivity index (χ3v) is 4.72. The summed E-state index contributed by atoms with van der Waals surface area (Å²) in [5.74, 6) is -0.354. The summed E-state index contributed by atoms with van der Waals surface area (Å²) in [6.07, 6.45) is -2.29. The molecule has 0 saturated carbocycles. The second kappa shape index (κ2) is 9.64. The van der Waals surface area contributed by atoms with Crippen LogP contribution in [0.1, 0.15) is 27.9 Å². The molecule has 8 heteroatoms. The van der Waals surface area contributed by atoms with Crippen molar-refractivity contribution in [2.45, 2.75) is 25.6 Å². The van der Waals surface area contributed by atoms with Crippen LogP contribution in [0.4, 0.5) is 18.9 Å². The number of hydrogen-bond donors (Lipinski definition) is 2. The first kappa shape index (κ1) is 21.8. The molecule has 0 spiro atoms. The molecule has 4 nitrogen and oxygen atoms in total. The number of nitrogens with one attached hydrogen (secondary N) is 2. The van der Waals surface area contributed by atoms with Gasteiger partial charge in [0.05, 0.1) is 5.56 Å². The molecular formula is C20H21F3N2O2S. The number of aryl methyl sites for hydroxylation is 1. The van der Waals surface area contributed by atoms with Gasteiger partial charge in [-0.15, -0.1) is 0 Å². The van der Waals surface area contributed by atoms with Crippen LogP contribution >= 0.6 is 11.8 Å². The molecule has 1 atom stereocenters. The highest BCUT2D eigenvalue weighted by Crippen LogP contribution is 2.30. The molecule has 0 bridgehead atoms. The second-order valence-corrected chi connectivity index (χ2v) is 7.18. The molecule has 2 rings (SSSR count). The van der Waals surface area contributed by atoms with Crippen LogP contribution in [0.5, 0.6) is 0 Å². The number of amides is 2. The summed E-state index contributed by atoms with van der Waals surface area (Å²) in [5, 5.41) is 5.16. The molecule has 0 aromatic heterocycles. The van der Waals surface area contributed by atoms with E-state index in [1.165, 1.54) is 23.9 Å². The van der Waals surface area contributed by atoms with E-state index in [0.717, 1.165) is 17.7 Å². The van der Waals surface area contributed by atoms with Crippen molar-refractivity contribution in [3.8, 4) is 0 Å². The van der Waals surface area contributed by atoms with Crippen LogP contribution in [0.2, 0.25) is 0 Å². The Morgan fingerprint density at radius 2 is 1.82 bits per heavy atom. The van der Waals surface area contributed by atoms with Crippen molar-refractivity contribution < 1.29 is 22.8 Å². The standard InChI is InChI=1S/C20H21F3N2O2S/c1-13-6-3-4-9-16(13)18(26)25-17(10-11-28-2)19(27)24-15-8-5-7-14(12-15)20(21,22)23/h3-9,12,17H,10-11H2,1-2H3,(H,24,27)(H,25,26)/t17-/m0/s1. The number of alkyl halides is 3. The lowest BCUT2D eigenvalue weighted by Gasteiger charge is -2.19. The lowest BCUT2D eigenvalue weighted by Crippen LogP contribution is -2.44. The number of hydrogen-bond acceptors (Lipinski definition) is 3. The topological polar surface area (TPSA) is 58.2 Å². The number of carbonyl (C=O) groups excluding carboxylic acids is 2. The monoisotopic (exact) mass is 410 g/mol. The summed E-state index contributed by atoms with van der Waals surface area (Å²) in [4.78, 5) is 25.1. The van der Waals surface area contributed by atoms with Crippen LogP contribution in [0.15, 0.2) is 48.5 Å². The third kappa shape index (κ3) is 6.02. The van der Waals surface area contributed by atoms with Gasteiger partial charge >= 0.3 is 6.18 Å². The Labute approximate surface area is 165 Å². The van der Waals surface area contributed by atoms with Gasteiger partial charge in [-0.1, -0.05) is 24.3 Å². The Balaban J connectivity index is 2.15. The van der Waals surface area contributed by atoms with E-state index < -0.39 is 29.6 Å². The maximum Gasteiger partial charge on any atom is 0.416 e. The van der Waals surface area contributed by atoms with Crippen LogP contribution in [-0.4, -0.2) is 29.9 Å². The predicted octanol–water partition coefficient (Wildman–Crippen LogP) is 4.50. The van der Waals surface area contributed by atoms with Crippen molar-refractivity contribution in [3.63, 3.8) is 0 Å². The van der Waals surface area contributed by atoms with E-state index in [1.54, 1.807) is 31.2 Å². The normalized spacial score (nSPS) is 12.3. The molecule has 0 radical (unpaired) electrons. The fourth-order valence-electron chi connectivity index (χ4n) is 2.57. The zero-order valence-electron chi connectivity index (χ0n) is 15.5. The maximum absolute atomic E-state index is 12.9. The summed E-state index contributed by atoms with van der Waals surface area (Å²) >= 11 is 1.51. The smallest absolute Gasteiger partial charge is 0.340 e. The lowest BCUT2D eigenvalue weighted by molar-refractivity contribution is -0.137. The summed E-state index contributed by atoms with van der Waals surface area (Å²) in [7, 11) is 0. The second-order valence-electron chi connectivity index (χ2n) is 6.19. The lowest BCUT2D eigenvalue weighted by atomic mass is 10.1. The quantitative estimate of drug-likeness (QED) is 0.706. The zero-order valence-corrected chi connectivity index (χ0v) is 16.3. The Morgan fingerprint density at radius 3 is 2.46 bits per heavy atom. The summed E-state index contributed by atoms with van der Waals surface area (Å²) in [5.41, 5.74) is 0.388. The van der Waals surface area contributed by atoms with Crippen LogP contribution in [0.25, 0.3) is 0 Å². The highest BCUT2D eigenvalue weighted by Gasteiger charge is 2.31. The number of halogens is 3. The SMILES string of the molecule is CSCC[C@H](NC(=O)c1ccccc1C)C(=O)Nc1cccc(C(F)(F)F)c1. The first-order valence-electron chi connectivity index (χ1n) is 8.56. The molecule has 2 aromatic rings. The number of benzene rings is 2. The van der Waals surface area contributed by atoms with Gasteiger partial charge in [-0.05, 0) is 55.2 Å². The van der Waals surface area contributed by atoms with Crippen molar-refractivity contribution in [2.75, 3.05) is 17.3 Å². The van der Waals surface area contributed by atoms with Crippen LogP contribution in [-0.2, 0) is 11.0 Å². The maximum atomic E-state index is 12.9. The van der Waals surface area contributed by atoms with Gasteiger partial charge in [0.1, 0.15) is 6.04 Å². The average Bonchev–Trinajstić information content (AvgIpc) is 2.64. The first-order chi connectivity index (χ1) is 13.2. The third-order valence-electron chi connectivity index (χ3n) is 4.08. The van der Waals surface area contributed by atoms with Gasteiger partial charge in [0, 0.05) is 11.3 Å². The van der Waals surface area contributed by atoms with E-state index in [4.69, 9.17) is 0 Å². The number of rotatable bonds is 7. The molecule has 2 aromatic carbocycles. The fraction of sp³-hybridized carbons (Fsp3) is 0.300. The summed E-state index contributed by atoms with van der Waals surface area (Å²) in [6, 6.07) is 10.5. The van der Waals surface area contributed by atoms with E-state index in [0.29, 0.717) is 17.7 Å². The van der Waals surface area contributed by atoms with Gasteiger partial charge in [0.2, 0.25) is 5.91 Å². The highest BCUT2D eigenvalue weighted by molar-refractivity contribution is 7.98. The van der Waals surface area contributed by atoms with Gasteiger partial charge in [0.25, 0.3) is 5.91 Å². The molecule has 0 heterocycles. The average molecular weight is 410 g/mol. The number of carbonyl (C=O) groups is 2. The largest absolute Gasteiger partial charge is 0.416 e. The predicted molar refractivity (Wildman–Crippen MR) is 106 cm³/mol. The van der Waals surface area contributed by atoms with E-state index in [9.17, 15) is 22.8 Å². The molecule has 2 N–H and O–H groups in total. The van der Waals surface area contributed by atoms with Crippen molar-refractivity contribution in [1.82, 2.24) is 5.32 Å². The van der Waals surface area contributed by atoms with Gasteiger partial charge in [-0.3, -0.25) is 9.59 Å². The van der Waals surface area contributed by atoms with Crippen molar-refractivity contribution in [1.29, 1.82) is 0 Å². The van der Waals surface area contributed by atoms with E-state index >= 15 is 0 Å². The molecule has 0 saturated heterocycles. The molecule has 0 aliphatic rings. The minimum absolute atomic E-state index is 0.0270. The highest BCUT2D eigenvalue weighted by atomic mass is 32.2.